The van der Waals surface area contributed by atoms with Gasteiger partial charge in [0.05, 0.1) is 0 Å². The van der Waals surface area contributed by atoms with Gasteiger partial charge >= 0.3 is 7.32 Å². The first-order chi connectivity index (χ1) is 7.31. The molecule has 0 aliphatic heterocycles. The second-order valence-corrected chi connectivity index (χ2v) is 3.54. The lowest BCUT2D eigenvalue weighted by atomic mass is 10.2. The van der Waals surface area contributed by atoms with Crippen LogP contribution in [-0.4, -0.2) is 37.3 Å². The van der Waals surface area contributed by atoms with Gasteiger partial charge in [0.25, 0.3) is 0 Å². The van der Waals surface area contributed by atoms with Gasteiger partial charge in [-0.05, 0) is 19.3 Å². The van der Waals surface area contributed by atoms with Crippen molar-refractivity contribution >= 4 is 7.32 Å². The first-order valence-corrected chi connectivity index (χ1v) is 5.83. The Kier molecular flexibility index (Phi) is 11.9. The van der Waals surface area contributed by atoms with Gasteiger partial charge in [0.1, 0.15) is 0 Å². The smallest absolute Gasteiger partial charge is 0.402 e. The highest BCUT2D eigenvalue weighted by atomic mass is 16.7. The topological polar surface area (TPSA) is 58.9 Å². The highest BCUT2D eigenvalue weighted by molar-refractivity contribution is 6.34. The van der Waals surface area contributed by atoms with Crippen LogP contribution in [0, 0.1) is 0 Å². The van der Waals surface area contributed by atoms with Gasteiger partial charge in [-0.15, -0.1) is 0 Å². The van der Waals surface area contributed by atoms with Crippen LogP contribution in [0.2, 0.25) is 0 Å². The summed E-state index contributed by atoms with van der Waals surface area (Å²) in [6.07, 6.45) is 5.75. The Morgan fingerprint density at radius 2 is 1.53 bits per heavy atom. The number of hydrogen-bond donors (Lipinski definition) is 2. The molecule has 0 radical (unpaired) electrons. The minimum absolute atomic E-state index is 0.254. The van der Waals surface area contributed by atoms with Crippen LogP contribution < -0.4 is 0 Å². The van der Waals surface area contributed by atoms with Crippen molar-refractivity contribution in [3.8, 4) is 0 Å². The maximum Gasteiger partial charge on any atom is 0.636 e. The lowest BCUT2D eigenvalue weighted by Crippen LogP contribution is -2.23. The Labute approximate surface area is 92.8 Å². The third kappa shape index (κ3) is 11.8. The maximum absolute atomic E-state index is 9.19. The summed E-state index contributed by atoms with van der Waals surface area (Å²) < 4.78 is 10.0. The summed E-state index contributed by atoms with van der Waals surface area (Å²) >= 11 is 0. The molecule has 0 amide bonds. The molecule has 0 aliphatic carbocycles. The Bertz CT molecular complexity index is 124. The predicted molar refractivity (Wildman–Crippen MR) is 60.3 cm³/mol. The van der Waals surface area contributed by atoms with E-state index in [4.69, 9.17) is 14.4 Å². The average Bonchev–Trinajstić information content (AvgIpc) is 2.23. The van der Waals surface area contributed by atoms with Crippen molar-refractivity contribution in [2.45, 2.75) is 45.4 Å². The lowest BCUT2D eigenvalue weighted by Gasteiger charge is -2.07. The summed E-state index contributed by atoms with van der Waals surface area (Å²) in [6, 6.07) is 0. The Balaban J connectivity index is 3.06. The van der Waals surface area contributed by atoms with Crippen molar-refractivity contribution in [1.29, 1.82) is 0 Å². The van der Waals surface area contributed by atoms with E-state index in [1.807, 2.05) is 0 Å². The molecule has 15 heavy (non-hydrogen) atoms. The van der Waals surface area contributed by atoms with Crippen molar-refractivity contribution in [2.75, 3.05) is 19.8 Å². The third-order valence-electron chi connectivity index (χ3n) is 2.07. The standard InChI is InChI=1S/C10H23BO4/c1-2-3-9-14-11(13)15-10-7-5-4-6-8-12/h12-13H,2-10H2,1H3. The zero-order valence-electron chi connectivity index (χ0n) is 9.65. The van der Waals surface area contributed by atoms with E-state index in [2.05, 4.69) is 6.92 Å². The van der Waals surface area contributed by atoms with Gasteiger partial charge in [0.15, 0.2) is 0 Å². The highest BCUT2D eigenvalue weighted by Gasteiger charge is 2.13. The van der Waals surface area contributed by atoms with Gasteiger partial charge in [-0.2, -0.15) is 0 Å². The van der Waals surface area contributed by atoms with Gasteiger partial charge < -0.3 is 19.4 Å². The fourth-order valence-electron chi connectivity index (χ4n) is 1.13. The van der Waals surface area contributed by atoms with Crippen molar-refractivity contribution in [3.63, 3.8) is 0 Å². The van der Waals surface area contributed by atoms with Gasteiger partial charge in [0, 0.05) is 19.8 Å². The van der Waals surface area contributed by atoms with E-state index in [0.717, 1.165) is 38.5 Å². The number of unbranched alkanes of at least 4 members (excludes halogenated alkanes) is 4. The predicted octanol–water partition coefficient (Wildman–Crippen LogP) is 1.35. The van der Waals surface area contributed by atoms with E-state index in [1.54, 1.807) is 0 Å². The molecule has 0 aromatic carbocycles. The molecule has 0 aromatic heterocycles. The summed E-state index contributed by atoms with van der Waals surface area (Å²) in [5, 5.41) is 17.7. The molecule has 0 saturated heterocycles. The fourth-order valence-corrected chi connectivity index (χ4v) is 1.13. The van der Waals surface area contributed by atoms with E-state index < -0.39 is 7.32 Å². The lowest BCUT2D eigenvalue weighted by molar-refractivity contribution is 0.129. The number of rotatable bonds is 11. The summed E-state index contributed by atoms with van der Waals surface area (Å²) in [6.45, 7) is 3.38. The number of aliphatic hydroxyl groups is 1. The van der Waals surface area contributed by atoms with Crippen LogP contribution in [0.15, 0.2) is 0 Å². The summed E-state index contributed by atoms with van der Waals surface area (Å²) in [5.41, 5.74) is 0. The Morgan fingerprint density at radius 1 is 0.933 bits per heavy atom. The molecule has 0 unspecified atom stereocenters. The van der Waals surface area contributed by atoms with Crippen molar-refractivity contribution in [1.82, 2.24) is 0 Å². The molecule has 0 fully saturated rings. The molecule has 0 atom stereocenters. The summed E-state index contributed by atoms with van der Waals surface area (Å²) in [7, 11) is -1.07. The third-order valence-corrected chi connectivity index (χ3v) is 2.07. The fraction of sp³-hybridized carbons (Fsp3) is 1.00. The molecule has 0 aliphatic rings. The van der Waals surface area contributed by atoms with Crippen LogP contribution in [0.3, 0.4) is 0 Å². The second-order valence-electron chi connectivity index (χ2n) is 3.54. The molecule has 5 heteroatoms. The molecule has 90 valence electrons. The SMILES string of the molecule is CCCCOB(O)OCCCCCCO. The van der Waals surface area contributed by atoms with Crippen LogP contribution in [0.5, 0.6) is 0 Å². The first kappa shape index (κ1) is 14.9. The van der Waals surface area contributed by atoms with Crippen LogP contribution in [0.1, 0.15) is 45.4 Å². The largest absolute Gasteiger partial charge is 0.636 e. The molecule has 0 aromatic rings. The molecule has 0 saturated carbocycles. The monoisotopic (exact) mass is 218 g/mol. The van der Waals surface area contributed by atoms with E-state index in [9.17, 15) is 5.02 Å². The molecule has 0 bridgehead atoms. The van der Waals surface area contributed by atoms with E-state index in [-0.39, 0.29) is 6.61 Å². The Morgan fingerprint density at radius 3 is 2.13 bits per heavy atom. The van der Waals surface area contributed by atoms with Gasteiger partial charge in [-0.25, -0.2) is 0 Å². The zero-order valence-corrected chi connectivity index (χ0v) is 9.65. The van der Waals surface area contributed by atoms with Crippen molar-refractivity contribution in [3.05, 3.63) is 0 Å². The minimum Gasteiger partial charge on any atom is -0.402 e. The number of aliphatic hydroxyl groups excluding tert-OH is 1. The summed E-state index contributed by atoms with van der Waals surface area (Å²) in [5.74, 6) is 0. The van der Waals surface area contributed by atoms with Gasteiger partial charge in [-0.3, -0.25) is 0 Å². The minimum atomic E-state index is -1.07. The Hall–Kier alpha value is -0.0951. The molecular formula is C10H23BO4. The average molecular weight is 218 g/mol. The van der Waals surface area contributed by atoms with Crippen molar-refractivity contribution < 1.29 is 19.4 Å². The maximum atomic E-state index is 9.19. The van der Waals surface area contributed by atoms with Gasteiger partial charge in [-0.1, -0.05) is 26.2 Å². The zero-order chi connectivity index (χ0) is 11.4. The number of hydrogen-bond acceptors (Lipinski definition) is 4. The first-order valence-electron chi connectivity index (χ1n) is 5.83. The van der Waals surface area contributed by atoms with Crippen LogP contribution in [0.4, 0.5) is 0 Å². The molecule has 2 N–H and O–H groups in total. The van der Waals surface area contributed by atoms with Crippen molar-refractivity contribution in [2.24, 2.45) is 0 Å². The van der Waals surface area contributed by atoms with Crippen LogP contribution in [0.25, 0.3) is 0 Å². The van der Waals surface area contributed by atoms with E-state index in [0.29, 0.717) is 13.2 Å². The normalized spacial score (nSPS) is 10.6. The quantitative estimate of drug-likeness (QED) is 0.406. The van der Waals surface area contributed by atoms with Crippen LogP contribution in [-0.2, 0) is 9.31 Å². The molecule has 0 heterocycles. The van der Waals surface area contributed by atoms with Gasteiger partial charge in [0.2, 0.25) is 0 Å². The molecule has 0 rings (SSSR count). The highest BCUT2D eigenvalue weighted by Crippen LogP contribution is 2.00. The van der Waals surface area contributed by atoms with E-state index >= 15 is 0 Å². The molecule has 4 nitrogen and oxygen atoms in total. The second kappa shape index (κ2) is 12.0. The molecule has 0 spiro atoms. The molecular weight excluding hydrogens is 195 g/mol. The van der Waals surface area contributed by atoms with E-state index in [1.165, 1.54) is 0 Å². The summed E-state index contributed by atoms with van der Waals surface area (Å²) in [4.78, 5) is 0. The van der Waals surface area contributed by atoms with Crippen LogP contribution >= 0.6 is 0 Å².